The number of esters is 3. The Balaban J connectivity index is 2.72. The van der Waals surface area contributed by atoms with Crippen LogP contribution in [0.3, 0.4) is 0 Å². The van der Waals surface area contributed by atoms with Crippen molar-refractivity contribution >= 4 is 25.7 Å². The molecule has 0 saturated heterocycles. The summed E-state index contributed by atoms with van der Waals surface area (Å²) >= 11 is 0. The molecule has 0 bridgehead atoms. The molecule has 8 atom stereocenters. The predicted molar refractivity (Wildman–Crippen MR) is 295 cm³/mol. The van der Waals surface area contributed by atoms with E-state index in [-0.39, 0.29) is 19.3 Å². The number of ether oxygens (including phenoxy) is 3. The summed E-state index contributed by atoms with van der Waals surface area (Å²) in [5, 5.41) is 42.7. The van der Waals surface area contributed by atoms with Gasteiger partial charge in [0.25, 0.3) is 0 Å². The lowest BCUT2D eigenvalue weighted by atomic mass is 9.85. The molecule has 1 fully saturated rings. The van der Waals surface area contributed by atoms with Gasteiger partial charge in [-0.2, -0.15) is 0 Å². The molecule has 14 nitrogen and oxygen atoms in total. The van der Waals surface area contributed by atoms with Crippen LogP contribution in [0.1, 0.15) is 278 Å². The maximum atomic E-state index is 13.4. The smallest absolute Gasteiger partial charge is 0.462 e. The summed E-state index contributed by atoms with van der Waals surface area (Å²) in [4.78, 5) is 49.6. The number of rotatable bonds is 51. The number of aliphatic hydroxyl groups excluding tert-OH is 4. The molecule has 0 amide bonds. The monoisotopic (exact) mass is 1070 g/mol. The minimum Gasteiger partial charge on any atom is -0.462 e. The van der Waals surface area contributed by atoms with E-state index in [1.54, 1.807) is 0 Å². The van der Waals surface area contributed by atoms with Crippen molar-refractivity contribution < 1.29 is 67.5 Å². The quantitative estimate of drug-likeness (QED) is 0.0126. The van der Waals surface area contributed by atoms with Crippen molar-refractivity contribution in [3.8, 4) is 0 Å². The Hall–Kier alpha value is -2.16. The molecule has 1 rings (SSSR count). The highest BCUT2D eigenvalue weighted by molar-refractivity contribution is 7.47. The minimum atomic E-state index is -5.24. The van der Waals surface area contributed by atoms with Gasteiger partial charge in [-0.1, -0.05) is 238 Å². The van der Waals surface area contributed by atoms with Gasteiger partial charge in [-0.15, -0.1) is 0 Å². The molecule has 5 N–H and O–H groups in total. The van der Waals surface area contributed by atoms with Crippen molar-refractivity contribution in [2.45, 2.75) is 320 Å². The molecule has 74 heavy (non-hydrogen) atoms. The highest BCUT2D eigenvalue weighted by Gasteiger charge is 2.54. The Bertz CT molecular complexity index is 1460. The van der Waals surface area contributed by atoms with E-state index in [0.717, 1.165) is 83.5 Å². The van der Waals surface area contributed by atoms with Crippen LogP contribution in [0.4, 0.5) is 0 Å². The van der Waals surface area contributed by atoms with Crippen LogP contribution in [-0.4, -0.2) is 99.2 Å². The molecule has 15 heteroatoms. The number of phosphoric ester groups is 1. The molecule has 0 aromatic heterocycles. The summed E-state index contributed by atoms with van der Waals surface area (Å²) < 4.78 is 40.4. The van der Waals surface area contributed by atoms with Crippen molar-refractivity contribution in [3.63, 3.8) is 0 Å². The Morgan fingerprint density at radius 2 is 0.770 bits per heavy atom. The van der Waals surface area contributed by atoms with Crippen molar-refractivity contribution in [1.82, 2.24) is 0 Å². The second-order valence-electron chi connectivity index (χ2n) is 21.0. The zero-order valence-corrected chi connectivity index (χ0v) is 47.8. The third kappa shape index (κ3) is 38.4. The van der Waals surface area contributed by atoms with Gasteiger partial charge in [0.2, 0.25) is 0 Å². The van der Waals surface area contributed by atoms with Crippen LogP contribution < -0.4 is 0 Å². The number of hydrogen-bond acceptors (Lipinski definition) is 13. The fourth-order valence-electron chi connectivity index (χ4n) is 9.31. The first-order valence-electron chi connectivity index (χ1n) is 30.1. The zero-order chi connectivity index (χ0) is 54.3. The number of unbranched alkanes of at least 4 members (excludes halogenated alkanes) is 33. The van der Waals surface area contributed by atoms with E-state index < -0.39 is 81.7 Å². The summed E-state index contributed by atoms with van der Waals surface area (Å²) in [5.41, 5.74) is 0. The number of allylic oxidation sites excluding steroid dienone is 4. The predicted octanol–water partition coefficient (Wildman–Crippen LogP) is 14.1. The van der Waals surface area contributed by atoms with Gasteiger partial charge in [0, 0.05) is 19.3 Å². The maximum Gasteiger partial charge on any atom is 0.472 e. The molecule has 434 valence electrons. The van der Waals surface area contributed by atoms with Crippen LogP contribution in [0.15, 0.2) is 24.3 Å². The molecule has 0 aromatic rings. The summed E-state index contributed by atoms with van der Waals surface area (Å²) in [7, 11) is -5.24. The number of phosphoric acid groups is 1. The van der Waals surface area contributed by atoms with Crippen LogP contribution >= 0.6 is 7.82 Å². The van der Waals surface area contributed by atoms with Gasteiger partial charge in [0.15, 0.2) is 12.2 Å². The third-order valence-electron chi connectivity index (χ3n) is 14.0. The van der Waals surface area contributed by atoms with Gasteiger partial charge in [0.05, 0.1) is 6.61 Å². The summed E-state index contributed by atoms with van der Waals surface area (Å²) in [6.07, 6.45) is 36.6. The first-order chi connectivity index (χ1) is 35.9. The van der Waals surface area contributed by atoms with Gasteiger partial charge < -0.3 is 39.5 Å². The highest BCUT2D eigenvalue weighted by atomic mass is 31.2. The van der Waals surface area contributed by atoms with Crippen LogP contribution in [0, 0.1) is 0 Å². The molecule has 0 aliphatic heterocycles. The van der Waals surface area contributed by atoms with Crippen molar-refractivity contribution in [1.29, 1.82) is 0 Å². The van der Waals surface area contributed by atoms with Gasteiger partial charge in [-0.05, 0) is 44.9 Å². The SMILES string of the molecule is CCCCCC/C=C\C=C/CCCCCCCC(=O)O[C@H](COC(=O)CCCCCCCCCCCCCCC)COP(=O)(O)O[C@H]1[C@H](O)[C@@H](O)[C@H](O)[C@@H](O)[C@H]1OC(=O)CCCCCCCCCCCCCCC. The van der Waals surface area contributed by atoms with Crippen LogP contribution in [0.2, 0.25) is 0 Å². The Morgan fingerprint density at radius 1 is 0.432 bits per heavy atom. The van der Waals surface area contributed by atoms with Gasteiger partial charge in [-0.3, -0.25) is 23.4 Å². The standard InChI is InChI=1S/C59H109O14P/c1-4-7-10-13-16-19-22-25-26-29-32-34-37-40-43-46-52(61)71-50(48-69-51(60)45-42-39-36-33-30-27-23-20-17-14-11-8-5-2)49-70-74(67,68)73-59-57(66)55(64)54(63)56(65)58(59)72-53(62)47-44-41-38-35-31-28-24-21-18-15-12-9-6-3/h19,22,25-26,50,54-59,63-66H,4-18,20-21,23-24,27-49H2,1-3H3,(H,67,68)/b22-19-,26-25-/t50-,54+,55+,56-,57-,58-,59+/m1/s1. The maximum absolute atomic E-state index is 13.4. The lowest BCUT2D eigenvalue weighted by Gasteiger charge is -2.43. The molecule has 1 unspecified atom stereocenters. The molecule has 1 aliphatic rings. The van der Waals surface area contributed by atoms with Crippen molar-refractivity contribution in [3.05, 3.63) is 24.3 Å². The average molecular weight is 1070 g/mol. The van der Waals surface area contributed by atoms with Crippen LogP contribution in [0.5, 0.6) is 0 Å². The second kappa shape index (κ2) is 48.0. The van der Waals surface area contributed by atoms with E-state index in [0.29, 0.717) is 19.3 Å². The van der Waals surface area contributed by atoms with E-state index in [9.17, 15) is 44.3 Å². The van der Waals surface area contributed by atoms with E-state index in [2.05, 4.69) is 45.1 Å². The molecule has 0 heterocycles. The molecule has 1 saturated carbocycles. The van der Waals surface area contributed by atoms with Crippen molar-refractivity contribution in [2.24, 2.45) is 0 Å². The van der Waals surface area contributed by atoms with Crippen molar-refractivity contribution in [2.75, 3.05) is 13.2 Å². The van der Waals surface area contributed by atoms with Crippen LogP contribution in [-0.2, 0) is 42.2 Å². The van der Waals surface area contributed by atoms with E-state index in [1.807, 2.05) is 0 Å². The fourth-order valence-corrected chi connectivity index (χ4v) is 10.3. The van der Waals surface area contributed by atoms with Gasteiger partial charge in [-0.25, -0.2) is 4.57 Å². The second-order valence-corrected chi connectivity index (χ2v) is 22.4. The van der Waals surface area contributed by atoms with E-state index >= 15 is 0 Å². The third-order valence-corrected chi connectivity index (χ3v) is 15.0. The average Bonchev–Trinajstić information content (AvgIpc) is 3.38. The summed E-state index contributed by atoms with van der Waals surface area (Å²) in [6, 6.07) is 0. The Morgan fingerprint density at radius 3 is 1.19 bits per heavy atom. The first-order valence-corrected chi connectivity index (χ1v) is 31.6. The number of carbonyl (C=O) groups excluding carboxylic acids is 3. The highest BCUT2D eigenvalue weighted by Crippen LogP contribution is 2.47. The normalized spacial score (nSPS) is 20.3. The van der Waals surface area contributed by atoms with E-state index in [4.69, 9.17) is 23.3 Å². The number of carbonyl (C=O) groups is 3. The lowest BCUT2D eigenvalue weighted by Crippen LogP contribution is -2.65. The lowest BCUT2D eigenvalue weighted by molar-refractivity contribution is -0.231. The minimum absolute atomic E-state index is 0.0458. The largest absolute Gasteiger partial charge is 0.472 e. The zero-order valence-electron chi connectivity index (χ0n) is 46.9. The topological polar surface area (TPSA) is 216 Å². The molecule has 0 aromatic carbocycles. The van der Waals surface area contributed by atoms with Crippen LogP contribution in [0.25, 0.3) is 0 Å². The molecular weight excluding hydrogens is 964 g/mol. The Kier molecular flexibility index (Phi) is 45.3. The molecule has 0 spiro atoms. The summed E-state index contributed by atoms with van der Waals surface area (Å²) in [6.45, 7) is 5.45. The summed E-state index contributed by atoms with van der Waals surface area (Å²) in [5.74, 6) is -1.91. The number of aliphatic hydroxyl groups is 4. The van der Waals surface area contributed by atoms with E-state index in [1.165, 1.54) is 135 Å². The van der Waals surface area contributed by atoms with Gasteiger partial charge >= 0.3 is 25.7 Å². The fraction of sp³-hybridized carbons (Fsp3) is 0.881. The molecule has 0 radical (unpaired) electrons. The van der Waals surface area contributed by atoms with Gasteiger partial charge in [0.1, 0.15) is 37.1 Å². The number of hydrogen-bond donors (Lipinski definition) is 5. The molecule has 1 aliphatic carbocycles. The Labute approximate surface area is 449 Å². The molecular formula is C59H109O14P. The first kappa shape index (κ1) is 69.9.